The zero-order valence-corrected chi connectivity index (χ0v) is 12.2. The third-order valence-electron chi connectivity index (χ3n) is 3.02. The number of carbonyl (C=O) groups excluding carboxylic acids is 2. The van der Waals surface area contributed by atoms with E-state index in [1.54, 1.807) is 30.6 Å². The van der Waals surface area contributed by atoms with Crippen LogP contribution in [0.5, 0.6) is 5.75 Å². The van der Waals surface area contributed by atoms with Crippen LogP contribution in [0.25, 0.3) is 0 Å². The van der Waals surface area contributed by atoms with Gasteiger partial charge in [-0.15, -0.1) is 0 Å². The maximum absolute atomic E-state index is 11.6. The molecule has 0 aliphatic carbocycles. The highest BCUT2D eigenvalue weighted by atomic mass is 16.5. The molecule has 2 aromatic rings. The molecule has 2 aromatic carbocycles. The van der Waals surface area contributed by atoms with Gasteiger partial charge in [-0.25, -0.2) is 0 Å². The van der Waals surface area contributed by atoms with Crippen molar-refractivity contribution in [3.63, 3.8) is 0 Å². The van der Waals surface area contributed by atoms with Crippen molar-refractivity contribution < 1.29 is 19.1 Å². The van der Waals surface area contributed by atoms with Gasteiger partial charge in [0, 0.05) is 12.0 Å². The summed E-state index contributed by atoms with van der Waals surface area (Å²) >= 11 is 0. The lowest BCUT2D eigenvalue weighted by atomic mass is 10.2. The minimum Gasteiger partial charge on any atom is -0.493 e. The normalized spacial score (nSPS) is 10.0. The van der Waals surface area contributed by atoms with Gasteiger partial charge in [-0.05, 0) is 17.7 Å². The number of ether oxygens (including phenoxy) is 2. The quantitative estimate of drug-likeness (QED) is 0.703. The Kier molecular flexibility index (Phi) is 6.18. The molecule has 2 rings (SSSR count). The van der Waals surface area contributed by atoms with Gasteiger partial charge >= 0.3 is 5.97 Å². The molecule has 0 saturated heterocycles. The SMILES string of the molecule is O=[C]c1cccc(OCCC(=O)OCCc2ccccc2)c1. The average Bonchev–Trinajstić information content (AvgIpc) is 2.56. The van der Waals surface area contributed by atoms with Gasteiger partial charge < -0.3 is 9.47 Å². The summed E-state index contributed by atoms with van der Waals surface area (Å²) in [6, 6.07) is 16.5. The van der Waals surface area contributed by atoms with Gasteiger partial charge in [-0.2, -0.15) is 0 Å². The number of esters is 1. The Labute approximate surface area is 129 Å². The van der Waals surface area contributed by atoms with Crippen LogP contribution in [0.1, 0.15) is 17.5 Å². The van der Waals surface area contributed by atoms with Crippen molar-refractivity contribution in [1.29, 1.82) is 0 Å². The minimum atomic E-state index is -0.297. The number of rotatable bonds is 8. The topological polar surface area (TPSA) is 52.6 Å². The van der Waals surface area contributed by atoms with Gasteiger partial charge in [0.05, 0.1) is 19.6 Å². The molecule has 0 aromatic heterocycles. The smallest absolute Gasteiger partial charge is 0.309 e. The molecule has 0 saturated carbocycles. The van der Waals surface area contributed by atoms with Crippen LogP contribution in [0.15, 0.2) is 54.6 Å². The largest absolute Gasteiger partial charge is 0.493 e. The fourth-order valence-corrected chi connectivity index (χ4v) is 1.90. The van der Waals surface area contributed by atoms with Gasteiger partial charge in [0.1, 0.15) is 5.75 Å². The molecule has 0 N–H and O–H groups in total. The number of benzene rings is 2. The van der Waals surface area contributed by atoms with Crippen LogP contribution in [0.4, 0.5) is 0 Å². The lowest BCUT2D eigenvalue weighted by Crippen LogP contribution is -2.11. The Balaban J connectivity index is 1.64. The highest BCUT2D eigenvalue weighted by Gasteiger charge is 2.04. The third-order valence-corrected chi connectivity index (χ3v) is 3.02. The van der Waals surface area contributed by atoms with Crippen molar-refractivity contribution in [1.82, 2.24) is 0 Å². The Morgan fingerprint density at radius 2 is 1.82 bits per heavy atom. The fourth-order valence-electron chi connectivity index (χ4n) is 1.90. The maximum atomic E-state index is 11.6. The predicted molar refractivity (Wildman–Crippen MR) is 82.5 cm³/mol. The fraction of sp³-hybridized carbons (Fsp3) is 0.222. The minimum absolute atomic E-state index is 0.170. The Hall–Kier alpha value is -2.62. The highest BCUT2D eigenvalue weighted by molar-refractivity contribution is 5.75. The first-order chi connectivity index (χ1) is 10.8. The van der Waals surface area contributed by atoms with E-state index in [9.17, 15) is 9.59 Å². The summed E-state index contributed by atoms with van der Waals surface area (Å²) in [6.07, 6.45) is 2.66. The first kappa shape index (κ1) is 15.8. The van der Waals surface area contributed by atoms with E-state index in [-0.39, 0.29) is 19.0 Å². The second kappa shape index (κ2) is 8.62. The van der Waals surface area contributed by atoms with Crippen molar-refractivity contribution in [2.45, 2.75) is 12.8 Å². The summed E-state index contributed by atoms with van der Waals surface area (Å²) in [7, 11) is 0. The van der Waals surface area contributed by atoms with E-state index in [0.29, 0.717) is 24.3 Å². The molecule has 0 atom stereocenters. The average molecular weight is 297 g/mol. The molecule has 0 unspecified atom stereocenters. The van der Waals surface area contributed by atoms with E-state index < -0.39 is 0 Å². The van der Waals surface area contributed by atoms with Gasteiger partial charge in [0.2, 0.25) is 6.29 Å². The standard InChI is InChI=1S/C18H17O4/c19-14-16-7-4-8-17(13-16)21-12-10-18(20)22-11-9-15-5-2-1-3-6-15/h1-8,13H,9-12H2. The molecule has 4 nitrogen and oxygen atoms in total. The number of carbonyl (C=O) groups is 1. The molecule has 0 amide bonds. The van der Waals surface area contributed by atoms with E-state index >= 15 is 0 Å². The molecule has 113 valence electrons. The van der Waals surface area contributed by atoms with Gasteiger partial charge in [-0.3, -0.25) is 9.59 Å². The second-order valence-electron chi connectivity index (χ2n) is 4.68. The molecule has 0 bridgehead atoms. The zero-order valence-electron chi connectivity index (χ0n) is 12.2. The number of hydrogen-bond acceptors (Lipinski definition) is 4. The molecular formula is C18H17O4. The predicted octanol–water partition coefficient (Wildman–Crippen LogP) is 2.70. The Bertz CT molecular complexity index is 607. The van der Waals surface area contributed by atoms with E-state index in [1.807, 2.05) is 30.3 Å². The third kappa shape index (κ3) is 5.40. The van der Waals surface area contributed by atoms with E-state index in [2.05, 4.69) is 0 Å². The Morgan fingerprint density at radius 3 is 2.59 bits per heavy atom. The van der Waals surface area contributed by atoms with Crippen molar-refractivity contribution in [2.75, 3.05) is 13.2 Å². The number of hydrogen-bond donors (Lipinski definition) is 0. The Morgan fingerprint density at radius 1 is 1.00 bits per heavy atom. The van der Waals surface area contributed by atoms with Gasteiger partial charge in [0.15, 0.2) is 0 Å². The van der Waals surface area contributed by atoms with Crippen molar-refractivity contribution in [3.8, 4) is 5.75 Å². The molecule has 0 heterocycles. The maximum Gasteiger partial charge on any atom is 0.309 e. The summed E-state index contributed by atoms with van der Waals surface area (Å²) in [5, 5.41) is 0. The molecule has 4 heteroatoms. The van der Waals surface area contributed by atoms with Crippen LogP contribution in [0.3, 0.4) is 0 Å². The lowest BCUT2D eigenvalue weighted by Gasteiger charge is -2.07. The highest BCUT2D eigenvalue weighted by Crippen LogP contribution is 2.12. The van der Waals surface area contributed by atoms with Crippen molar-refractivity contribution >= 4 is 12.3 Å². The van der Waals surface area contributed by atoms with E-state index in [0.717, 1.165) is 5.56 Å². The van der Waals surface area contributed by atoms with Crippen LogP contribution < -0.4 is 4.74 Å². The molecule has 0 fully saturated rings. The first-order valence-corrected chi connectivity index (χ1v) is 7.08. The second-order valence-corrected chi connectivity index (χ2v) is 4.68. The first-order valence-electron chi connectivity index (χ1n) is 7.08. The van der Waals surface area contributed by atoms with Crippen LogP contribution in [-0.4, -0.2) is 25.5 Å². The van der Waals surface area contributed by atoms with Crippen LogP contribution >= 0.6 is 0 Å². The monoisotopic (exact) mass is 297 g/mol. The van der Waals surface area contributed by atoms with Crippen molar-refractivity contribution in [2.24, 2.45) is 0 Å². The van der Waals surface area contributed by atoms with E-state index in [1.165, 1.54) is 0 Å². The summed E-state index contributed by atoms with van der Waals surface area (Å²) < 4.78 is 10.6. The summed E-state index contributed by atoms with van der Waals surface area (Å²) in [5.41, 5.74) is 1.55. The van der Waals surface area contributed by atoms with Crippen molar-refractivity contribution in [3.05, 3.63) is 65.7 Å². The lowest BCUT2D eigenvalue weighted by molar-refractivity contribution is -0.144. The zero-order chi connectivity index (χ0) is 15.6. The summed E-state index contributed by atoms with van der Waals surface area (Å²) in [6.45, 7) is 0.574. The van der Waals surface area contributed by atoms with Gasteiger partial charge in [-0.1, -0.05) is 42.5 Å². The van der Waals surface area contributed by atoms with Gasteiger partial charge in [0.25, 0.3) is 0 Å². The van der Waals surface area contributed by atoms with Crippen LogP contribution in [-0.2, 0) is 20.7 Å². The molecule has 22 heavy (non-hydrogen) atoms. The molecule has 0 aliphatic rings. The summed E-state index contributed by atoms with van der Waals surface area (Å²) in [5.74, 6) is 0.243. The van der Waals surface area contributed by atoms with Crippen LogP contribution in [0, 0.1) is 0 Å². The van der Waals surface area contributed by atoms with E-state index in [4.69, 9.17) is 9.47 Å². The molecule has 1 radical (unpaired) electrons. The molecule has 0 spiro atoms. The molecule has 0 aliphatic heterocycles. The summed E-state index contributed by atoms with van der Waals surface area (Å²) in [4.78, 5) is 22.1. The molecular weight excluding hydrogens is 280 g/mol. The van der Waals surface area contributed by atoms with Crippen LogP contribution in [0.2, 0.25) is 0 Å².